The summed E-state index contributed by atoms with van der Waals surface area (Å²) in [6, 6.07) is 20.4. The predicted octanol–water partition coefficient (Wildman–Crippen LogP) is 4.42. The number of amides is 1. The standard InChI is InChI=1S/C26H27N3O7/c1-18(36-26(31)20-8-13-23(27-14-15-34-2)24(16-20)29(32)33)25(30)28-21-9-11-22(12-10-21)35-17-19-6-4-3-5-7-19/h3-13,16,18,27H,14-15,17H2,1-2H3,(H,28,30). The van der Waals surface area contributed by atoms with E-state index in [2.05, 4.69) is 10.6 Å². The monoisotopic (exact) mass is 493 g/mol. The summed E-state index contributed by atoms with van der Waals surface area (Å²) >= 11 is 0. The maximum absolute atomic E-state index is 12.5. The molecule has 3 rings (SSSR count). The van der Waals surface area contributed by atoms with Crippen LogP contribution in [0, 0.1) is 10.1 Å². The Kier molecular flexibility index (Phi) is 9.35. The fourth-order valence-corrected chi connectivity index (χ4v) is 3.15. The second-order valence-electron chi connectivity index (χ2n) is 7.74. The number of anilines is 2. The molecule has 0 radical (unpaired) electrons. The zero-order valence-corrected chi connectivity index (χ0v) is 19.9. The van der Waals surface area contributed by atoms with Gasteiger partial charge in [0.1, 0.15) is 18.0 Å². The number of esters is 1. The first-order valence-electron chi connectivity index (χ1n) is 11.2. The van der Waals surface area contributed by atoms with Crippen LogP contribution in [0.25, 0.3) is 0 Å². The molecular weight excluding hydrogens is 466 g/mol. The Morgan fingerprint density at radius 1 is 1.03 bits per heavy atom. The molecule has 3 aromatic rings. The van der Waals surface area contributed by atoms with Crippen LogP contribution in [0.3, 0.4) is 0 Å². The fraction of sp³-hybridized carbons (Fsp3) is 0.231. The summed E-state index contributed by atoms with van der Waals surface area (Å²) in [6.07, 6.45) is -1.13. The van der Waals surface area contributed by atoms with E-state index in [9.17, 15) is 19.7 Å². The molecule has 3 aromatic carbocycles. The van der Waals surface area contributed by atoms with Gasteiger partial charge in [0.2, 0.25) is 0 Å². The summed E-state index contributed by atoms with van der Waals surface area (Å²) in [7, 11) is 1.52. The van der Waals surface area contributed by atoms with Crippen molar-refractivity contribution in [3.8, 4) is 5.75 Å². The third-order valence-corrected chi connectivity index (χ3v) is 5.07. The van der Waals surface area contributed by atoms with Crippen LogP contribution in [0.1, 0.15) is 22.8 Å². The van der Waals surface area contributed by atoms with Crippen LogP contribution in [-0.2, 0) is 20.9 Å². The minimum atomic E-state index is -1.13. The zero-order valence-electron chi connectivity index (χ0n) is 19.9. The van der Waals surface area contributed by atoms with Crippen LogP contribution in [0.2, 0.25) is 0 Å². The van der Waals surface area contributed by atoms with Gasteiger partial charge in [0.15, 0.2) is 6.10 Å². The summed E-state index contributed by atoms with van der Waals surface area (Å²) in [4.78, 5) is 35.8. The lowest BCUT2D eigenvalue weighted by molar-refractivity contribution is -0.384. The summed E-state index contributed by atoms with van der Waals surface area (Å²) in [5, 5.41) is 17.0. The van der Waals surface area contributed by atoms with Crippen LogP contribution in [0.15, 0.2) is 72.8 Å². The molecule has 10 nitrogen and oxygen atoms in total. The van der Waals surface area contributed by atoms with Crippen molar-refractivity contribution < 1.29 is 28.7 Å². The van der Waals surface area contributed by atoms with E-state index in [4.69, 9.17) is 14.2 Å². The molecule has 0 aliphatic rings. The maximum atomic E-state index is 12.5. The number of hydrogen-bond acceptors (Lipinski definition) is 8. The summed E-state index contributed by atoms with van der Waals surface area (Å²) in [5.41, 5.74) is 1.45. The first kappa shape index (κ1) is 26.2. The van der Waals surface area contributed by atoms with Crippen LogP contribution in [-0.4, -0.2) is 43.2 Å². The van der Waals surface area contributed by atoms with Crippen molar-refractivity contribution in [2.24, 2.45) is 0 Å². The van der Waals surface area contributed by atoms with Crippen LogP contribution >= 0.6 is 0 Å². The Hall–Kier alpha value is -4.44. The fourth-order valence-electron chi connectivity index (χ4n) is 3.15. The number of carbonyl (C=O) groups is 2. The highest BCUT2D eigenvalue weighted by Crippen LogP contribution is 2.26. The van der Waals surface area contributed by atoms with Crippen LogP contribution < -0.4 is 15.4 Å². The SMILES string of the molecule is COCCNc1ccc(C(=O)OC(C)C(=O)Nc2ccc(OCc3ccccc3)cc2)cc1[N+](=O)[O-]. The van der Waals surface area contributed by atoms with Gasteiger partial charge in [0, 0.05) is 25.4 Å². The average molecular weight is 494 g/mol. The van der Waals surface area contributed by atoms with Gasteiger partial charge in [-0.2, -0.15) is 0 Å². The number of nitro groups is 1. The van der Waals surface area contributed by atoms with E-state index in [1.54, 1.807) is 24.3 Å². The summed E-state index contributed by atoms with van der Waals surface area (Å²) < 4.78 is 15.9. The first-order chi connectivity index (χ1) is 17.4. The Labute approximate surface area is 208 Å². The van der Waals surface area contributed by atoms with Crippen molar-refractivity contribution >= 4 is 28.9 Å². The van der Waals surface area contributed by atoms with Gasteiger partial charge in [-0.1, -0.05) is 30.3 Å². The van der Waals surface area contributed by atoms with E-state index in [1.165, 1.54) is 26.2 Å². The molecule has 10 heteroatoms. The number of nitrogens with one attached hydrogen (secondary N) is 2. The number of carbonyl (C=O) groups excluding carboxylic acids is 2. The van der Waals surface area contributed by atoms with Gasteiger partial charge in [0.05, 0.1) is 17.1 Å². The van der Waals surface area contributed by atoms with Crippen molar-refractivity contribution in [2.45, 2.75) is 19.6 Å². The number of methoxy groups -OCH3 is 1. The van der Waals surface area contributed by atoms with Crippen molar-refractivity contribution in [3.63, 3.8) is 0 Å². The molecule has 0 aliphatic carbocycles. The molecular formula is C26H27N3O7. The Morgan fingerprint density at radius 2 is 1.75 bits per heavy atom. The molecule has 0 aromatic heterocycles. The molecule has 36 heavy (non-hydrogen) atoms. The van der Waals surface area contributed by atoms with Crippen molar-refractivity contribution in [3.05, 3.63) is 94.0 Å². The molecule has 0 aliphatic heterocycles. The molecule has 0 saturated heterocycles. The lowest BCUT2D eigenvalue weighted by atomic mass is 10.1. The van der Waals surface area contributed by atoms with E-state index < -0.39 is 22.9 Å². The summed E-state index contributed by atoms with van der Waals surface area (Å²) in [6.45, 7) is 2.55. The Morgan fingerprint density at radius 3 is 2.42 bits per heavy atom. The smallest absolute Gasteiger partial charge is 0.339 e. The maximum Gasteiger partial charge on any atom is 0.339 e. The van der Waals surface area contributed by atoms with E-state index >= 15 is 0 Å². The van der Waals surface area contributed by atoms with Crippen LogP contribution in [0.4, 0.5) is 17.1 Å². The number of rotatable bonds is 12. The molecule has 0 fully saturated rings. The van der Waals surface area contributed by atoms with Crippen molar-refractivity contribution in [1.29, 1.82) is 0 Å². The average Bonchev–Trinajstić information content (AvgIpc) is 2.89. The minimum absolute atomic E-state index is 0.0430. The highest BCUT2D eigenvalue weighted by Gasteiger charge is 2.22. The van der Waals surface area contributed by atoms with Crippen molar-refractivity contribution in [2.75, 3.05) is 30.9 Å². The third-order valence-electron chi connectivity index (χ3n) is 5.07. The second kappa shape index (κ2) is 12.9. The lowest BCUT2D eigenvalue weighted by Crippen LogP contribution is -2.30. The van der Waals surface area contributed by atoms with Gasteiger partial charge < -0.3 is 24.8 Å². The molecule has 2 N–H and O–H groups in total. The van der Waals surface area contributed by atoms with Gasteiger partial charge in [-0.05, 0) is 48.9 Å². The topological polar surface area (TPSA) is 129 Å². The Balaban J connectivity index is 1.54. The number of benzene rings is 3. The molecule has 1 unspecified atom stereocenters. The molecule has 1 amide bonds. The lowest BCUT2D eigenvalue weighted by Gasteiger charge is -2.14. The van der Waals surface area contributed by atoms with E-state index in [0.29, 0.717) is 31.2 Å². The van der Waals surface area contributed by atoms with Gasteiger partial charge >= 0.3 is 5.97 Å². The zero-order chi connectivity index (χ0) is 25.9. The van der Waals surface area contributed by atoms with Crippen molar-refractivity contribution in [1.82, 2.24) is 0 Å². The van der Waals surface area contributed by atoms with Gasteiger partial charge in [0.25, 0.3) is 11.6 Å². The number of ether oxygens (including phenoxy) is 3. The van der Waals surface area contributed by atoms with Gasteiger partial charge in [-0.25, -0.2) is 4.79 Å². The molecule has 0 heterocycles. The van der Waals surface area contributed by atoms with Crippen LogP contribution in [0.5, 0.6) is 5.75 Å². The first-order valence-corrected chi connectivity index (χ1v) is 11.2. The molecule has 188 valence electrons. The molecule has 0 spiro atoms. The number of nitro benzene ring substituents is 1. The Bertz CT molecular complexity index is 1180. The van der Waals surface area contributed by atoms with E-state index in [1.807, 2.05) is 30.3 Å². The largest absolute Gasteiger partial charge is 0.489 e. The molecule has 0 bridgehead atoms. The molecule has 1 atom stereocenters. The number of hydrogen-bond donors (Lipinski definition) is 2. The van der Waals surface area contributed by atoms with Gasteiger partial charge in [-0.3, -0.25) is 14.9 Å². The van der Waals surface area contributed by atoms with E-state index in [-0.39, 0.29) is 16.9 Å². The summed E-state index contributed by atoms with van der Waals surface area (Å²) in [5.74, 6) is -0.763. The third kappa shape index (κ3) is 7.54. The quantitative estimate of drug-likeness (QED) is 0.164. The molecule has 0 saturated carbocycles. The highest BCUT2D eigenvalue weighted by atomic mass is 16.6. The second-order valence-corrected chi connectivity index (χ2v) is 7.74. The number of nitrogens with zero attached hydrogens (tertiary/aromatic N) is 1. The van der Waals surface area contributed by atoms with Gasteiger partial charge in [-0.15, -0.1) is 0 Å². The normalized spacial score (nSPS) is 11.3. The minimum Gasteiger partial charge on any atom is -0.489 e. The predicted molar refractivity (Wildman–Crippen MR) is 134 cm³/mol. The highest BCUT2D eigenvalue weighted by molar-refractivity contribution is 5.97. The van der Waals surface area contributed by atoms with E-state index in [0.717, 1.165) is 11.6 Å².